The lowest BCUT2D eigenvalue weighted by molar-refractivity contribution is 0.741. The Hall–Kier alpha value is -2.42. The van der Waals surface area contributed by atoms with Crippen molar-refractivity contribution in [3.05, 3.63) is 18.0 Å². The third-order valence-electron chi connectivity index (χ3n) is 2.59. The van der Waals surface area contributed by atoms with Crippen LogP contribution in [0.1, 0.15) is 5.69 Å². The Bertz CT molecular complexity index is 563. The highest BCUT2D eigenvalue weighted by Gasteiger charge is 2.07. The van der Waals surface area contributed by atoms with Gasteiger partial charge in [0.15, 0.2) is 0 Å². The van der Waals surface area contributed by atoms with Crippen LogP contribution in [0.3, 0.4) is 0 Å². The molecule has 20 heavy (non-hydrogen) atoms. The smallest absolute Gasteiger partial charge is 0.243 e. The number of hydrazine groups is 1. The lowest BCUT2D eigenvalue weighted by Crippen LogP contribution is -2.19. The molecule has 2 aromatic rings. The Kier molecular flexibility index (Phi) is 4.31. The number of hydrogen-bond donors (Lipinski definition) is 3. The van der Waals surface area contributed by atoms with E-state index in [-0.39, 0.29) is 0 Å². The average molecular weight is 277 g/mol. The topological polar surface area (TPSA) is 110 Å². The second-order valence-corrected chi connectivity index (χ2v) is 4.48. The van der Waals surface area contributed by atoms with Gasteiger partial charge in [0.1, 0.15) is 0 Å². The Morgan fingerprint density at radius 2 is 2.00 bits per heavy atom. The van der Waals surface area contributed by atoms with Gasteiger partial charge in [-0.3, -0.25) is 10.1 Å². The minimum atomic E-state index is 0.323. The molecule has 0 bridgehead atoms. The zero-order valence-electron chi connectivity index (χ0n) is 11.8. The molecule has 0 aliphatic rings. The summed E-state index contributed by atoms with van der Waals surface area (Å²) >= 11 is 0. The third-order valence-corrected chi connectivity index (χ3v) is 2.59. The van der Waals surface area contributed by atoms with Gasteiger partial charge in [-0.25, -0.2) is 5.84 Å². The molecule has 0 fully saturated rings. The van der Waals surface area contributed by atoms with Crippen LogP contribution in [-0.2, 0) is 13.5 Å². The number of aromatic nitrogens is 5. The van der Waals surface area contributed by atoms with Crippen molar-refractivity contribution >= 4 is 17.8 Å². The van der Waals surface area contributed by atoms with E-state index in [9.17, 15) is 0 Å². The Morgan fingerprint density at radius 1 is 1.25 bits per heavy atom. The molecule has 0 aromatic carbocycles. The van der Waals surface area contributed by atoms with Crippen LogP contribution in [0.25, 0.3) is 0 Å². The molecule has 9 heteroatoms. The van der Waals surface area contributed by atoms with Crippen molar-refractivity contribution in [1.82, 2.24) is 24.7 Å². The summed E-state index contributed by atoms with van der Waals surface area (Å²) in [5, 5.41) is 7.44. The first-order valence-electron chi connectivity index (χ1n) is 6.21. The Balaban J connectivity index is 1.99. The zero-order chi connectivity index (χ0) is 14.5. The maximum Gasteiger partial charge on any atom is 0.243 e. The van der Waals surface area contributed by atoms with Crippen LogP contribution in [0.15, 0.2) is 12.3 Å². The van der Waals surface area contributed by atoms with Crippen LogP contribution in [0.5, 0.6) is 0 Å². The van der Waals surface area contributed by atoms with Gasteiger partial charge in [-0.05, 0) is 6.07 Å². The monoisotopic (exact) mass is 277 g/mol. The maximum absolute atomic E-state index is 5.35. The SMILES string of the molecule is CN(C)c1nc(NN)nc(NCCc2ccn(C)n2)n1. The van der Waals surface area contributed by atoms with Crippen molar-refractivity contribution in [3.63, 3.8) is 0 Å². The van der Waals surface area contributed by atoms with Crippen molar-refractivity contribution in [3.8, 4) is 0 Å². The van der Waals surface area contributed by atoms with Crippen LogP contribution in [0, 0.1) is 0 Å². The highest BCUT2D eigenvalue weighted by molar-refractivity contribution is 5.42. The molecule has 0 spiro atoms. The van der Waals surface area contributed by atoms with E-state index < -0.39 is 0 Å². The maximum atomic E-state index is 5.35. The van der Waals surface area contributed by atoms with E-state index >= 15 is 0 Å². The van der Waals surface area contributed by atoms with Gasteiger partial charge in [0.2, 0.25) is 17.8 Å². The zero-order valence-corrected chi connectivity index (χ0v) is 11.8. The second kappa shape index (κ2) is 6.15. The minimum absolute atomic E-state index is 0.323. The van der Waals surface area contributed by atoms with E-state index in [0.717, 1.165) is 12.1 Å². The standard InChI is InChI=1S/C11H19N9/c1-19(2)11-15-9(14-10(16-11)17-12)13-6-4-8-5-7-20(3)18-8/h5,7H,4,6,12H2,1-3H3,(H2,13,14,15,16,17). The molecular formula is C11H19N9. The van der Waals surface area contributed by atoms with Gasteiger partial charge in [0.05, 0.1) is 5.69 Å². The molecule has 9 nitrogen and oxygen atoms in total. The number of aryl methyl sites for hydroxylation is 1. The number of nitrogens with two attached hydrogens (primary N) is 1. The summed E-state index contributed by atoms with van der Waals surface area (Å²) < 4.78 is 1.78. The summed E-state index contributed by atoms with van der Waals surface area (Å²) in [6.45, 7) is 0.678. The van der Waals surface area contributed by atoms with E-state index in [1.165, 1.54) is 0 Å². The van der Waals surface area contributed by atoms with Crippen LogP contribution in [0.4, 0.5) is 17.8 Å². The number of nitrogens with one attached hydrogen (secondary N) is 2. The fourth-order valence-electron chi connectivity index (χ4n) is 1.61. The number of nitrogens with zero attached hydrogens (tertiary/aromatic N) is 6. The van der Waals surface area contributed by atoms with E-state index in [0.29, 0.717) is 24.4 Å². The molecule has 0 aliphatic heterocycles. The number of rotatable bonds is 6. The first-order chi connectivity index (χ1) is 9.58. The van der Waals surface area contributed by atoms with Crippen molar-refractivity contribution in [2.45, 2.75) is 6.42 Å². The van der Waals surface area contributed by atoms with E-state index in [1.54, 1.807) is 9.58 Å². The van der Waals surface area contributed by atoms with Crippen molar-refractivity contribution < 1.29 is 0 Å². The summed E-state index contributed by atoms with van der Waals surface area (Å²) in [5.41, 5.74) is 3.44. The van der Waals surface area contributed by atoms with Crippen molar-refractivity contribution in [2.24, 2.45) is 12.9 Å². The van der Waals surface area contributed by atoms with Gasteiger partial charge in [-0.2, -0.15) is 20.1 Å². The number of hydrogen-bond acceptors (Lipinski definition) is 8. The van der Waals surface area contributed by atoms with Crippen LogP contribution in [-0.4, -0.2) is 45.4 Å². The quantitative estimate of drug-likeness (QED) is 0.484. The molecule has 2 rings (SSSR count). The minimum Gasteiger partial charge on any atom is -0.354 e. The number of anilines is 3. The van der Waals surface area contributed by atoms with Gasteiger partial charge in [-0.15, -0.1) is 0 Å². The first kappa shape index (κ1) is 14.0. The summed E-state index contributed by atoms with van der Waals surface area (Å²) in [7, 11) is 5.60. The Morgan fingerprint density at radius 3 is 2.60 bits per heavy atom. The molecule has 0 saturated carbocycles. The molecule has 108 valence electrons. The predicted octanol–water partition coefficient (Wildman–Crippen LogP) is -0.389. The fraction of sp³-hybridized carbons (Fsp3) is 0.455. The van der Waals surface area contributed by atoms with E-state index in [1.807, 2.05) is 33.4 Å². The lowest BCUT2D eigenvalue weighted by Gasteiger charge is -2.12. The predicted molar refractivity (Wildman–Crippen MR) is 77.4 cm³/mol. The van der Waals surface area contributed by atoms with Crippen LogP contribution in [0.2, 0.25) is 0 Å². The van der Waals surface area contributed by atoms with Gasteiger partial charge in [0, 0.05) is 40.3 Å². The second-order valence-electron chi connectivity index (χ2n) is 4.48. The average Bonchev–Trinajstić information content (AvgIpc) is 2.84. The molecule has 0 atom stereocenters. The molecular weight excluding hydrogens is 258 g/mol. The largest absolute Gasteiger partial charge is 0.354 e. The van der Waals surface area contributed by atoms with E-state index in [4.69, 9.17) is 5.84 Å². The summed E-state index contributed by atoms with van der Waals surface area (Å²) in [5.74, 6) is 6.69. The third kappa shape index (κ3) is 3.54. The summed E-state index contributed by atoms with van der Waals surface area (Å²) in [6.07, 6.45) is 2.70. The highest BCUT2D eigenvalue weighted by Crippen LogP contribution is 2.10. The molecule has 0 unspecified atom stereocenters. The van der Waals surface area contributed by atoms with E-state index in [2.05, 4.69) is 30.8 Å². The first-order valence-corrected chi connectivity index (χ1v) is 6.21. The van der Waals surface area contributed by atoms with Crippen molar-refractivity contribution in [1.29, 1.82) is 0 Å². The molecule has 0 aliphatic carbocycles. The van der Waals surface area contributed by atoms with Gasteiger partial charge >= 0.3 is 0 Å². The molecule has 4 N–H and O–H groups in total. The summed E-state index contributed by atoms with van der Waals surface area (Å²) in [4.78, 5) is 14.4. The van der Waals surface area contributed by atoms with Gasteiger partial charge in [0.25, 0.3) is 0 Å². The highest BCUT2D eigenvalue weighted by atomic mass is 15.4. The molecule has 0 radical (unpaired) electrons. The van der Waals surface area contributed by atoms with Crippen LogP contribution < -0.4 is 21.5 Å². The van der Waals surface area contributed by atoms with Gasteiger partial charge in [-0.1, -0.05) is 0 Å². The van der Waals surface area contributed by atoms with Crippen molar-refractivity contribution in [2.75, 3.05) is 36.3 Å². The molecule has 2 aromatic heterocycles. The molecule has 0 amide bonds. The normalized spacial score (nSPS) is 10.4. The lowest BCUT2D eigenvalue weighted by atomic mass is 10.3. The number of nitrogen functional groups attached to an aromatic ring is 1. The molecule has 0 saturated heterocycles. The summed E-state index contributed by atoms with van der Waals surface area (Å²) in [6, 6.07) is 1.98. The molecule has 2 heterocycles. The fourth-order valence-corrected chi connectivity index (χ4v) is 1.61. The van der Waals surface area contributed by atoms with Gasteiger partial charge < -0.3 is 10.2 Å². The Labute approximate surface area is 117 Å². The van der Waals surface area contributed by atoms with Crippen LogP contribution >= 0.6 is 0 Å².